The average molecular weight is 478 g/mol. The molecule has 0 fully saturated rings. The highest BCUT2D eigenvalue weighted by Crippen LogP contribution is 2.32. The molecule has 0 amide bonds. The van der Waals surface area contributed by atoms with Crippen LogP contribution in [0.25, 0.3) is 17.3 Å². The first-order valence-corrected chi connectivity index (χ1v) is 12.7. The monoisotopic (exact) mass is 477 g/mol. The van der Waals surface area contributed by atoms with Crippen LogP contribution in [0.4, 0.5) is 10.3 Å². The highest BCUT2D eigenvalue weighted by atomic mass is 32.2. The molecule has 0 unspecified atom stereocenters. The van der Waals surface area contributed by atoms with E-state index in [1.54, 1.807) is 12.1 Å². The van der Waals surface area contributed by atoms with Crippen molar-refractivity contribution in [1.82, 2.24) is 9.97 Å². The Balaban J connectivity index is 2.61. The van der Waals surface area contributed by atoms with E-state index in [0.29, 0.717) is 23.4 Å². The minimum atomic E-state index is -3.58. The zero-order valence-electron chi connectivity index (χ0n) is 19.9. The predicted molar refractivity (Wildman–Crippen MR) is 129 cm³/mol. The topological polar surface area (TPSA) is 100 Å². The summed E-state index contributed by atoms with van der Waals surface area (Å²) in [6, 6.07) is 5.86. The third-order valence-corrected chi connectivity index (χ3v) is 6.45. The molecule has 0 saturated heterocycles. The van der Waals surface area contributed by atoms with Gasteiger partial charge in [-0.2, -0.15) is 0 Å². The van der Waals surface area contributed by atoms with Gasteiger partial charge in [-0.25, -0.2) is 27.1 Å². The van der Waals surface area contributed by atoms with Crippen molar-refractivity contribution in [2.75, 3.05) is 17.6 Å². The fourth-order valence-electron chi connectivity index (χ4n) is 3.55. The number of anilines is 1. The molecule has 33 heavy (non-hydrogen) atoms. The molecule has 0 aliphatic rings. The number of halogens is 1. The minimum Gasteiger partial charge on any atom is -0.481 e. The summed E-state index contributed by atoms with van der Waals surface area (Å²) in [7, 11) is -2.19. The molecule has 0 aliphatic carbocycles. The van der Waals surface area contributed by atoms with Crippen molar-refractivity contribution in [1.29, 1.82) is 0 Å². The zero-order valence-corrected chi connectivity index (χ0v) is 20.7. The zero-order chi connectivity index (χ0) is 24.9. The summed E-state index contributed by atoms with van der Waals surface area (Å²) >= 11 is 0. The van der Waals surface area contributed by atoms with Crippen molar-refractivity contribution in [3.8, 4) is 11.3 Å². The van der Waals surface area contributed by atoms with Crippen LogP contribution in [0.5, 0.6) is 0 Å². The summed E-state index contributed by atoms with van der Waals surface area (Å²) in [4.78, 5) is 20.1. The second-order valence-electron chi connectivity index (χ2n) is 8.84. The molecule has 0 saturated carbocycles. The lowest BCUT2D eigenvalue weighted by Gasteiger charge is -2.20. The number of sulfonamides is 1. The van der Waals surface area contributed by atoms with Gasteiger partial charge < -0.3 is 5.11 Å². The number of benzene rings is 1. The maximum Gasteiger partial charge on any atom is 0.303 e. The van der Waals surface area contributed by atoms with Gasteiger partial charge in [0.05, 0.1) is 17.6 Å². The molecule has 180 valence electrons. The number of rotatable bonds is 10. The number of aliphatic carboxylic acids is 1. The van der Waals surface area contributed by atoms with Crippen LogP contribution in [-0.2, 0) is 14.8 Å². The van der Waals surface area contributed by atoms with E-state index in [0.717, 1.165) is 16.1 Å². The average Bonchev–Trinajstić information content (AvgIpc) is 2.70. The van der Waals surface area contributed by atoms with Gasteiger partial charge in [0.25, 0.3) is 0 Å². The minimum absolute atomic E-state index is 0.0188. The van der Waals surface area contributed by atoms with Gasteiger partial charge in [-0.15, -0.1) is 0 Å². The lowest BCUT2D eigenvalue weighted by molar-refractivity contribution is -0.138. The molecule has 0 aliphatic heterocycles. The summed E-state index contributed by atoms with van der Waals surface area (Å²) < 4.78 is 38.8. The van der Waals surface area contributed by atoms with Gasteiger partial charge in [0.15, 0.2) is 0 Å². The van der Waals surface area contributed by atoms with Gasteiger partial charge in [0.1, 0.15) is 5.82 Å². The van der Waals surface area contributed by atoms with Gasteiger partial charge in [-0.05, 0) is 48.4 Å². The number of carbonyl (C=O) groups is 1. The molecular weight excluding hydrogens is 445 g/mol. The first kappa shape index (κ1) is 26.4. The molecule has 0 radical (unpaired) electrons. The molecule has 0 bridgehead atoms. The van der Waals surface area contributed by atoms with Crippen molar-refractivity contribution in [2.24, 2.45) is 11.8 Å². The number of nitrogens with zero attached hydrogens (tertiary/aromatic N) is 3. The molecule has 9 heteroatoms. The number of aromatic nitrogens is 2. The molecule has 1 N–H and O–H groups in total. The van der Waals surface area contributed by atoms with Crippen molar-refractivity contribution < 1.29 is 22.7 Å². The van der Waals surface area contributed by atoms with E-state index in [4.69, 9.17) is 5.11 Å². The smallest absolute Gasteiger partial charge is 0.303 e. The normalized spacial score (nSPS) is 13.9. The van der Waals surface area contributed by atoms with Crippen LogP contribution in [0.3, 0.4) is 0 Å². The molecule has 2 rings (SSSR count). The van der Waals surface area contributed by atoms with Gasteiger partial charge >= 0.3 is 5.97 Å². The Bertz CT molecular complexity index is 1120. The van der Waals surface area contributed by atoms with E-state index >= 15 is 0 Å². The highest BCUT2D eigenvalue weighted by Gasteiger charge is 2.22. The number of hydrogen-bond acceptors (Lipinski definition) is 5. The van der Waals surface area contributed by atoms with Crippen LogP contribution in [0.1, 0.15) is 57.7 Å². The first-order valence-electron chi connectivity index (χ1n) is 10.8. The second kappa shape index (κ2) is 10.9. The Hall–Kier alpha value is -2.81. The Labute approximate surface area is 195 Å². The van der Waals surface area contributed by atoms with Gasteiger partial charge in [0, 0.05) is 24.6 Å². The quantitative estimate of drug-likeness (QED) is 0.520. The van der Waals surface area contributed by atoms with Crippen molar-refractivity contribution in [3.05, 3.63) is 47.4 Å². The summed E-state index contributed by atoms with van der Waals surface area (Å²) in [6.07, 6.45) is 5.76. The van der Waals surface area contributed by atoms with Gasteiger partial charge in [-0.3, -0.25) is 4.79 Å². The van der Waals surface area contributed by atoms with E-state index < -0.39 is 16.0 Å². The number of allylic oxidation sites excluding steroid dienone is 1. The predicted octanol–water partition coefficient (Wildman–Crippen LogP) is 4.95. The standard InChI is InChI=1S/C24H32FN3O4S/c1-15(2)22-20(12-7-16(3)13-17(4)14-21(29)30)23(18-8-10-19(25)11-9-18)27-24(26-22)28(5)33(6,31)32/h7-12,15-17H,13-14H2,1-6H3,(H,29,30)/b12-7+/t16-,17-/m1/s1. The largest absolute Gasteiger partial charge is 0.481 e. The molecule has 1 heterocycles. The Kier molecular flexibility index (Phi) is 8.71. The molecule has 2 atom stereocenters. The molecule has 1 aromatic heterocycles. The summed E-state index contributed by atoms with van der Waals surface area (Å²) in [5.41, 5.74) is 2.52. The summed E-state index contributed by atoms with van der Waals surface area (Å²) in [5, 5.41) is 9.00. The van der Waals surface area contributed by atoms with Crippen LogP contribution in [-0.4, -0.2) is 42.8 Å². The maximum atomic E-state index is 13.6. The van der Waals surface area contributed by atoms with Gasteiger partial charge in [0.2, 0.25) is 16.0 Å². The van der Waals surface area contributed by atoms with Gasteiger partial charge in [-0.1, -0.05) is 39.8 Å². The van der Waals surface area contributed by atoms with Crippen molar-refractivity contribution in [3.63, 3.8) is 0 Å². The van der Waals surface area contributed by atoms with E-state index in [2.05, 4.69) is 9.97 Å². The third kappa shape index (κ3) is 7.35. The van der Waals surface area contributed by atoms with Crippen molar-refractivity contribution in [2.45, 2.75) is 46.5 Å². The van der Waals surface area contributed by atoms with E-state index in [-0.39, 0.29) is 35.9 Å². The molecule has 1 aromatic carbocycles. The lowest BCUT2D eigenvalue weighted by Crippen LogP contribution is -2.27. The summed E-state index contributed by atoms with van der Waals surface area (Å²) in [6.45, 7) is 7.82. The van der Waals surface area contributed by atoms with Crippen LogP contribution in [0.2, 0.25) is 0 Å². The fraction of sp³-hybridized carbons (Fsp3) is 0.458. The highest BCUT2D eigenvalue weighted by molar-refractivity contribution is 7.92. The van der Waals surface area contributed by atoms with E-state index in [1.165, 1.54) is 19.2 Å². The van der Waals surface area contributed by atoms with Crippen LogP contribution in [0.15, 0.2) is 30.3 Å². The first-order chi connectivity index (χ1) is 15.3. The molecular formula is C24H32FN3O4S. The van der Waals surface area contributed by atoms with E-state index in [1.807, 2.05) is 39.8 Å². The SMILES string of the molecule is CC(C)c1nc(N(C)S(C)(=O)=O)nc(-c2ccc(F)cc2)c1/C=C/[C@@H](C)C[C@@H](C)CC(=O)O. The Morgan fingerprint density at radius 1 is 1.15 bits per heavy atom. The second-order valence-corrected chi connectivity index (χ2v) is 10.9. The molecule has 7 nitrogen and oxygen atoms in total. The van der Waals surface area contributed by atoms with Crippen LogP contribution >= 0.6 is 0 Å². The third-order valence-electron chi connectivity index (χ3n) is 5.30. The lowest BCUT2D eigenvalue weighted by atomic mass is 9.92. The van der Waals surface area contributed by atoms with Crippen molar-refractivity contribution >= 4 is 28.0 Å². The van der Waals surface area contributed by atoms with E-state index in [9.17, 15) is 17.6 Å². The van der Waals surface area contributed by atoms with Crippen LogP contribution < -0.4 is 4.31 Å². The molecule has 2 aromatic rings. The Morgan fingerprint density at radius 3 is 2.27 bits per heavy atom. The summed E-state index contributed by atoms with van der Waals surface area (Å²) in [5.74, 6) is -1.09. The number of carboxylic acid groups (broad SMARTS) is 1. The van der Waals surface area contributed by atoms with Crippen LogP contribution in [0, 0.1) is 17.7 Å². The number of carboxylic acids is 1. The molecule has 0 spiro atoms. The fourth-order valence-corrected chi connectivity index (χ4v) is 3.93. The maximum absolute atomic E-state index is 13.6. The number of hydrogen-bond donors (Lipinski definition) is 1. The Morgan fingerprint density at radius 2 is 1.76 bits per heavy atom.